The molecule has 0 saturated carbocycles. The number of rotatable bonds is 6. The number of anilines is 1. The lowest BCUT2D eigenvalue weighted by Crippen LogP contribution is -2.10. The summed E-state index contributed by atoms with van der Waals surface area (Å²) in [7, 11) is -3.30. The molecule has 0 radical (unpaired) electrons. The molecule has 122 valence electrons. The first kappa shape index (κ1) is 17.6. The van der Waals surface area contributed by atoms with Gasteiger partial charge in [0.25, 0.3) is 0 Å². The molecule has 0 aromatic heterocycles. The Morgan fingerprint density at radius 2 is 1.74 bits per heavy atom. The van der Waals surface area contributed by atoms with E-state index in [2.05, 4.69) is 16.9 Å². The first-order valence-electron chi connectivity index (χ1n) is 7.06. The maximum absolute atomic E-state index is 12.3. The van der Waals surface area contributed by atoms with Crippen LogP contribution in [0.4, 0.5) is 5.69 Å². The maximum atomic E-state index is 12.3. The molecule has 1 N–H and O–H groups in total. The second kappa shape index (κ2) is 7.19. The van der Waals surface area contributed by atoms with Crippen molar-refractivity contribution in [3.8, 4) is 0 Å². The van der Waals surface area contributed by atoms with E-state index in [1.807, 2.05) is 19.9 Å². The van der Waals surface area contributed by atoms with Crippen LogP contribution in [0, 0.1) is 13.8 Å². The van der Waals surface area contributed by atoms with Gasteiger partial charge in [-0.2, -0.15) is 0 Å². The Balaban J connectivity index is 2.02. The van der Waals surface area contributed by atoms with Gasteiger partial charge < -0.3 is 0 Å². The molecule has 0 amide bonds. The molecule has 2 aromatic rings. The number of sulfonamides is 1. The van der Waals surface area contributed by atoms with Crippen LogP contribution >= 0.6 is 11.8 Å². The van der Waals surface area contributed by atoms with Gasteiger partial charge in [-0.15, -0.1) is 11.8 Å². The highest BCUT2D eigenvalue weighted by atomic mass is 32.2. The first-order chi connectivity index (χ1) is 10.7. The van der Waals surface area contributed by atoms with Crippen LogP contribution in [0.3, 0.4) is 0 Å². The fraction of sp³-hybridized carbons (Fsp3) is 0.235. The predicted molar refractivity (Wildman–Crippen MR) is 95.9 cm³/mol. The summed E-state index contributed by atoms with van der Waals surface area (Å²) in [5, 5.41) is 0. The molecular weight excluding hydrogens is 330 g/mol. The van der Waals surface area contributed by atoms with E-state index >= 15 is 0 Å². The summed E-state index contributed by atoms with van der Waals surface area (Å²) in [5.41, 5.74) is 3.34. The van der Waals surface area contributed by atoms with Crippen molar-refractivity contribution < 1.29 is 13.2 Å². The van der Waals surface area contributed by atoms with Gasteiger partial charge in [0.2, 0.25) is 10.0 Å². The molecule has 2 rings (SSSR count). The van der Waals surface area contributed by atoms with Crippen LogP contribution in [0.25, 0.3) is 0 Å². The van der Waals surface area contributed by atoms with Gasteiger partial charge in [-0.3, -0.25) is 9.52 Å². The number of Topliss-reactive ketones (excluding diaryl/α,β-unsaturated/α-hetero) is 1. The molecule has 0 bridgehead atoms. The molecule has 6 heteroatoms. The summed E-state index contributed by atoms with van der Waals surface area (Å²) in [6.07, 6.45) is 1.09. The third-order valence-electron chi connectivity index (χ3n) is 3.21. The monoisotopic (exact) mass is 349 g/mol. The van der Waals surface area contributed by atoms with Crippen LogP contribution in [0.15, 0.2) is 47.4 Å². The Bertz CT molecular complexity index is 812. The maximum Gasteiger partial charge on any atom is 0.229 e. The summed E-state index contributed by atoms with van der Waals surface area (Å²) in [6.45, 7) is 4.05. The highest BCUT2D eigenvalue weighted by Crippen LogP contribution is 2.24. The zero-order valence-electron chi connectivity index (χ0n) is 13.3. The molecule has 0 aliphatic heterocycles. The lowest BCUT2D eigenvalue weighted by molar-refractivity contribution is 0.102. The van der Waals surface area contributed by atoms with Crippen LogP contribution in [0.5, 0.6) is 0 Å². The average molecular weight is 349 g/mol. The second-order valence-corrected chi connectivity index (χ2v) is 8.20. The summed E-state index contributed by atoms with van der Waals surface area (Å²) < 4.78 is 24.7. The number of hydrogen-bond donors (Lipinski definition) is 1. The van der Waals surface area contributed by atoms with E-state index in [9.17, 15) is 13.2 Å². The fourth-order valence-electron chi connectivity index (χ4n) is 2.03. The summed E-state index contributed by atoms with van der Waals surface area (Å²) in [4.78, 5) is 13.4. The van der Waals surface area contributed by atoms with Crippen molar-refractivity contribution in [3.05, 3.63) is 59.2 Å². The topological polar surface area (TPSA) is 63.2 Å². The van der Waals surface area contributed by atoms with Crippen molar-refractivity contribution in [2.24, 2.45) is 0 Å². The van der Waals surface area contributed by atoms with Gasteiger partial charge in [0.15, 0.2) is 5.78 Å². The molecule has 0 heterocycles. The van der Waals surface area contributed by atoms with Crippen molar-refractivity contribution in [1.29, 1.82) is 0 Å². The number of nitrogens with one attached hydrogen (secondary N) is 1. The van der Waals surface area contributed by atoms with E-state index < -0.39 is 10.0 Å². The van der Waals surface area contributed by atoms with Gasteiger partial charge in [0.05, 0.1) is 12.0 Å². The highest BCUT2D eigenvalue weighted by Gasteiger charge is 2.09. The summed E-state index contributed by atoms with van der Waals surface area (Å²) in [6, 6.07) is 12.6. The second-order valence-electron chi connectivity index (χ2n) is 5.43. The summed E-state index contributed by atoms with van der Waals surface area (Å²) in [5.74, 6) is 0.366. The molecule has 0 saturated heterocycles. The highest BCUT2D eigenvalue weighted by molar-refractivity contribution is 8.00. The Kier molecular flexibility index (Phi) is 5.49. The summed E-state index contributed by atoms with van der Waals surface area (Å²) >= 11 is 1.52. The third-order valence-corrected chi connectivity index (χ3v) is 4.98. The normalized spacial score (nSPS) is 11.3. The number of ketones is 1. The van der Waals surface area contributed by atoms with Gasteiger partial charge in [-0.25, -0.2) is 8.42 Å². The molecule has 2 aromatic carbocycles. The fourth-order valence-corrected chi connectivity index (χ4v) is 3.61. The lowest BCUT2D eigenvalue weighted by atomic mass is 10.1. The van der Waals surface area contributed by atoms with Crippen molar-refractivity contribution >= 4 is 33.3 Å². The molecule has 0 fully saturated rings. The standard InChI is InChI=1S/C17H19NO3S2/c1-12-4-5-13(2)17(10-12)22-11-16(19)14-6-8-15(9-7-14)18-23(3,20)21/h4-10,18H,11H2,1-3H3. The SMILES string of the molecule is Cc1ccc(C)c(SCC(=O)c2ccc(NS(C)(=O)=O)cc2)c1. The van der Waals surface area contributed by atoms with Crippen molar-refractivity contribution in [3.63, 3.8) is 0 Å². The van der Waals surface area contributed by atoms with E-state index in [4.69, 9.17) is 0 Å². The van der Waals surface area contributed by atoms with Crippen LogP contribution < -0.4 is 4.72 Å². The van der Waals surface area contributed by atoms with Crippen LogP contribution in [-0.4, -0.2) is 26.2 Å². The number of aryl methyl sites for hydroxylation is 2. The average Bonchev–Trinajstić information content (AvgIpc) is 2.47. The molecule has 0 spiro atoms. The predicted octanol–water partition coefficient (Wildman–Crippen LogP) is 3.65. The van der Waals surface area contributed by atoms with Crippen molar-refractivity contribution in [1.82, 2.24) is 0 Å². The number of hydrogen-bond acceptors (Lipinski definition) is 4. The largest absolute Gasteiger partial charge is 0.293 e. The Hall–Kier alpha value is -1.79. The van der Waals surface area contributed by atoms with E-state index in [0.717, 1.165) is 16.7 Å². The van der Waals surface area contributed by atoms with Gasteiger partial charge in [-0.05, 0) is 49.7 Å². The van der Waals surface area contributed by atoms with Gasteiger partial charge in [0, 0.05) is 16.1 Å². The van der Waals surface area contributed by atoms with Crippen LogP contribution in [0.1, 0.15) is 21.5 Å². The smallest absolute Gasteiger partial charge is 0.229 e. The zero-order valence-corrected chi connectivity index (χ0v) is 14.9. The van der Waals surface area contributed by atoms with Crippen LogP contribution in [0.2, 0.25) is 0 Å². The number of benzene rings is 2. The molecule has 0 aliphatic rings. The van der Waals surface area contributed by atoms with Gasteiger partial charge >= 0.3 is 0 Å². The van der Waals surface area contributed by atoms with E-state index in [0.29, 0.717) is 17.0 Å². The molecular formula is C17H19NO3S2. The molecule has 0 unspecified atom stereocenters. The minimum Gasteiger partial charge on any atom is -0.293 e. The van der Waals surface area contributed by atoms with Gasteiger partial charge in [0.1, 0.15) is 0 Å². The lowest BCUT2D eigenvalue weighted by Gasteiger charge is -2.07. The van der Waals surface area contributed by atoms with Gasteiger partial charge in [-0.1, -0.05) is 17.7 Å². The molecule has 23 heavy (non-hydrogen) atoms. The van der Waals surface area contributed by atoms with E-state index in [1.54, 1.807) is 24.3 Å². The van der Waals surface area contributed by atoms with Crippen LogP contribution in [-0.2, 0) is 10.0 Å². The number of thioether (sulfide) groups is 1. The Morgan fingerprint density at radius 3 is 2.35 bits per heavy atom. The van der Waals surface area contributed by atoms with E-state index in [-0.39, 0.29) is 5.78 Å². The van der Waals surface area contributed by atoms with E-state index in [1.165, 1.54) is 17.3 Å². The van der Waals surface area contributed by atoms with Crippen molar-refractivity contribution in [2.75, 3.05) is 16.7 Å². The first-order valence-corrected chi connectivity index (χ1v) is 9.93. The zero-order chi connectivity index (χ0) is 17.0. The van der Waals surface area contributed by atoms with Crippen molar-refractivity contribution in [2.45, 2.75) is 18.7 Å². The minimum atomic E-state index is -3.30. The molecule has 0 atom stereocenters. The molecule has 4 nitrogen and oxygen atoms in total. The minimum absolute atomic E-state index is 0.0156. The Labute approximate surface area is 141 Å². The third kappa shape index (κ3) is 5.41. The number of carbonyl (C=O) groups is 1. The Morgan fingerprint density at radius 1 is 1.09 bits per heavy atom. The molecule has 0 aliphatic carbocycles. The number of carbonyl (C=O) groups excluding carboxylic acids is 1. The quantitative estimate of drug-likeness (QED) is 0.639.